The molecule has 19 heavy (non-hydrogen) atoms. The number of nitrogens with zero attached hydrogens (tertiary/aromatic N) is 1. The number of halogens is 1. The van der Waals surface area contributed by atoms with Gasteiger partial charge in [-0.05, 0) is 49.3 Å². The van der Waals surface area contributed by atoms with E-state index in [9.17, 15) is 4.39 Å². The Morgan fingerprint density at radius 1 is 1.47 bits per heavy atom. The van der Waals surface area contributed by atoms with Crippen LogP contribution in [0.15, 0.2) is 28.1 Å². The van der Waals surface area contributed by atoms with Gasteiger partial charge in [0.05, 0.1) is 0 Å². The molecule has 0 amide bonds. The highest BCUT2D eigenvalue weighted by Crippen LogP contribution is 2.21. The molecule has 0 bridgehead atoms. The van der Waals surface area contributed by atoms with Crippen LogP contribution >= 0.6 is 11.8 Å². The summed E-state index contributed by atoms with van der Waals surface area (Å²) in [4.78, 5) is 5.29. The molecule has 1 aliphatic carbocycles. The number of guanidine groups is 1. The molecule has 0 spiro atoms. The van der Waals surface area contributed by atoms with Gasteiger partial charge in [-0.3, -0.25) is 4.99 Å². The van der Waals surface area contributed by atoms with E-state index < -0.39 is 0 Å². The van der Waals surface area contributed by atoms with Crippen LogP contribution < -0.4 is 10.6 Å². The average Bonchev–Trinajstić information content (AvgIpc) is 2.37. The van der Waals surface area contributed by atoms with Crippen molar-refractivity contribution in [2.75, 3.05) is 13.3 Å². The van der Waals surface area contributed by atoms with E-state index in [1.165, 1.54) is 25.3 Å². The van der Waals surface area contributed by atoms with Crippen LogP contribution in [0, 0.1) is 5.82 Å². The summed E-state index contributed by atoms with van der Waals surface area (Å²) >= 11 is 1.63. The minimum atomic E-state index is -0.198. The maximum absolute atomic E-state index is 13.3. The van der Waals surface area contributed by atoms with E-state index >= 15 is 0 Å². The van der Waals surface area contributed by atoms with Crippen molar-refractivity contribution in [3.8, 4) is 0 Å². The fourth-order valence-electron chi connectivity index (χ4n) is 2.00. The molecule has 1 aromatic rings. The molecule has 1 fully saturated rings. The molecule has 2 rings (SSSR count). The van der Waals surface area contributed by atoms with Crippen LogP contribution in [-0.4, -0.2) is 25.3 Å². The summed E-state index contributed by atoms with van der Waals surface area (Å²) in [6, 6.07) is 5.43. The van der Waals surface area contributed by atoms with Crippen LogP contribution in [0.1, 0.15) is 24.8 Å². The van der Waals surface area contributed by atoms with Gasteiger partial charge in [-0.2, -0.15) is 0 Å². The van der Waals surface area contributed by atoms with Crippen LogP contribution in [0.3, 0.4) is 0 Å². The summed E-state index contributed by atoms with van der Waals surface area (Å²) in [6.07, 6.45) is 5.70. The SMILES string of the molecule is CN=C(NCc1cc(F)ccc1SC)NC1CCC1. The third-order valence-corrected chi connectivity index (χ3v) is 4.20. The Kier molecular flexibility index (Phi) is 5.07. The number of thioether (sulfide) groups is 1. The number of hydrogen-bond acceptors (Lipinski definition) is 2. The zero-order chi connectivity index (χ0) is 13.7. The van der Waals surface area contributed by atoms with Gasteiger partial charge in [-0.25, -0.2) is 4.39 Å². The Morgan fingerprint density at radius 3 is 2.84 bits per heavy atom. The summed E-state index contributed by atoms with van der Waals surface area (Å²) in [5.41, 5.74) is 0.962. The quantitative estimate of drug-likeness (QED) is 0.506. The first-order valence-corrected chi connectivity index (χ1v) is 7.75. The highest BCUT2D eigenvalue weighted by atomic mass is 32.2. The van der Waals surface area contributed by atoms with Crippen molar-refractivity contribution >= 4 is 17.7 Å². The summed E-state index contributed by atoms with van der Waals surface area (Å²) in [7, 11) is 1.76. The molecule has 3 nitrogen and oxygen atoms in total. The molecule has 0 radical (unpaired) electrons. The highest BCUT2D eigenvalue weighted by molar-refractivity contribution is 7.98. The Hall–Kier alpha value is -1.23. The van der Waals surface area contributed by atoms with Crippen molar-refractivity contribution in [3.05, 3.63) is 29.6 Å². The van der Waals surface area contributed by atoms with Gasteiger partial charge in [0.25, 0.3) is 0 Å². The first-order chi connectivity index (χ1) is 9.22. The number of hydrogen-bond donors (Lipinski definition) is 2. The van der Waals surface area contributed by atoms with E-state index in [-0.39, 0.29) is 5.82 Å². The van der Waals surface area contributed by atoms with Gasteiger partial charge in [0.2, 0.25) is 0 Å². The molecule has 0 saturated heterocycles. The van der Waals surface area contributed by atoms with E-state index in [1.807, 2.05) is 12.3 Å². The highest BCUT2D eigenvalue weighted by Gasteiger charge is 2.18. The minimum absolute atomic E-state index is 0.198. The topological polar surface area (TPSA) is 36.4 Å². The fraction of sp³-hybridized carbons (Fsp3) is 0.500. The molecule has 104 valence electrons. The van der Waals surface area contributed by atoms with E-state index in [4.69, 9.17) is 0 Å². The maximum atomic E-state index is 13.3. The molecule has 1 saturated carbocycles. The van der Waals surface area contributed by atoms with Crippen LogP contribution in [0.5, 0.6) is 0 Å². The minimum Gasteiger partial charge on any atom is -0.354 e. The zero-order valence-corrected chi connectivity index (χ0v) is 12.2. The largest absolute Gasteiger partial charge is 0.354 e. The normalized spacial score (nSPS) is 16.1. The Morgan fingerprint density at radius 2 is 2.26 bits per heavy atom. The predicted octanol–water partition coefficient (Wildman–Crippen LogP) is 2.77. The van der Waals surface area contributed by atoms with Crippen molar-refractivity contribution < 1.29 is 4.39 Å². The standard InChI is InChI=1S/C14H20FN3S/c1-16-14(18-12-4-3-5-12)17-9-10-8-11(15)6-7-13(10)19-2/h6-8,12H,3-5,9H2,1-2H3,(H2,16,17,18). The van der Waals surface area contributed by atoms with Gasteiger partial charge in [-0.15, -0.1) is 11.8 Å². The fourth-order valence-corrected chi connectivity index (χ4v) is 2.60. The molecule has 0 unspecified atom stereocenters. The van der Waals surface area contributed by atoms with E-state index in [2.05, 4.69) is 15.6 Å². The van der Waals surface area contributed by atoms with E-state index in [0.717, 1.165) is 16.4 Å². The first-order valence-electron chi connectivity index (χ1n) is 6.52. The summed E-state index contributed by atoms with van der Waals surface area (Å²) < 4.78 is 13.3. The Labute approximate surface area is 118 Å². The van der Waals surface area contributed by atoms with E-state index in [1.54, 1.807) is 24.9 Å². The Bertz CT molecular complexity index is 458. The first kappa shape index (κ1) is 14.2. The lowest BCUT2D eigenvalue weighted by atomic mass is 9.93. The van der Waals surface area contributed by atoms with Crippen molar-refractivity contribution in [2.24, 2.45) is 4.99 Å². The second-order valence-corrected chi connectivity index (χ2v) is 5.50. The van der Waals surface area contributed by atoms with Crippen molar-refractivity contribution in [1.82, 2.24) is 10.6 Å². The number of nitrogens with one attached hydrogen (secondary N) is 2. The number of benzene rings is 1. The smallest absolute Gasteiger partial charge is 0.191 e. The molecule has 0 heterocycles. The molecular weight excluding hydrogens is 261 g/mol. The second kappa shape index (κ2) is 6.80. The van der Waals surface area contributed by atoms with E-state index in [0.29, 0.717) is 12.6 Å². The molecule has 0 aromatic heterocycles. The molecule has 1 aliphatic rings. The summed E-state index contributed by atoms with van der Waals surface area (Å²) in [5, 5.41) is 6.61. The maximum Gasteiger partial charge on any atom is 0.191 e. The zero-order valence-electron chi connectivity index (χ0n) is 11.4. The van der Waals surface area contributed by atoms with Crippen molar-refractivity contribution in [1.29, 1.82) is 0 Å². The third-order valence-electron chi connectivity index (χ3n) is 3.36. The predicted molar refractivity (Wildman–Crippen MR) is 79.2 cm³/mol. The van der Waals surface area contributed by atoms with Gasteiger partial charge in [0.1, 0.15) is 5.82 Å². The lowest BCUT2D eigenvalue weighted by Gasteiger charge is -2.28. The Balaban J connectivity index is 1.94. The van der Waals surface area contributed by atoms with Crippen LogP contribution in [0.2, 0.25) is 0 Å². The molecule has 0 atom stereocenters. The second-order valence-electron chi connectivity index (χ2n) is 4.65. The van der Waals surface area contributed by atoms with Gasteiger partial charge >= 0.3 is 0 Å². The molecule has 2 N–H and O–H groups in total. The average molecular weight is 281 g/mol. The monoisotopic (exact) mass is 281 g/mol. The number of aliphatic imine (C=N–C) groups is 1. The van der Waals surface area contributed by atoms with Gasteiger partial charge < -0.3 is 10.6 Å². The molecule has 0 aliphatic heterocycles. The lowest BCUT2D eigenvalue weighted by molar-refractivity contribution is 0.379. The number of rotatable bonds is 4. The van der Waals surface area contributed by atoms with Gasteiger partial charge in [-0.1, -0.05) is 0 Å². The molecular formula is C14H20FN3S. The van der Waals surface area contributed by atoms with Crippen LogP contribution in [0.25, 0.3) is 0 Å². The van der Waals surface area contributed by atoms with Gasteiger partial charge in [0, 0.05) is 24.5 Å². The third kappa shape index (κ3) is 3.86. The summed E-state index contributed by atoms with van der Waals surface area (Å²) in [6.45, 7) is 0.584. The van der Waals surface area contributed by atoms with Crippen LogP contribution in [-0.2, 0) is 6.54 Å². The van der Waals surface area contributed by atoms with Crippen LogP contribution in [0.4, 0.5) is 4.39 Å². The summed E-state index contributed by atoms with van der Waals surface area (Å²) in [5.74, 6) is 0.595. The lowest BCUT2D eigenvalue weighted by Crippen LogP contribution is -2.46. The van der Waals surface area contributed by atoms with Gasteiger partial charge in [0.15, 0.2) is 5.96 Å². The molecule has 5 heteroatoms. The molecule has 1 aromatic carbocycles. The van der Waals surface area contributed by atoms with Crippen molar-refractivity contribution in [3.63, 3.8) is 0 Å². The van der Waals surface area contributed by atoms with Crippen molar-refractivity contribution in [2.45, 2.75) is 36.7 Å².